The minimum Gasteiger partial charge on any atom is -0.393 e. The summed E-state index contributed by atoms with van der Waals surface area (Å²) in [6.07, 6.45) is 0.402. The minimum atomic E-state index is -0.329. The van der Waals surface area contributed by atoms with Crippen LogP contribution >= 0.6 is 11.6 Å². The molecule has 1 heterocycles. The van der Waals surface area contributed by atoms with Gasteiger partial charge in [0, 0.05) is 25.7 Å². The van der Waals surface area contributed by atoms with Crippen LogP contribution in [0.5, 0.6) is 0 Å². The standard InChI is InChI=1S/C19H28ClN3O/c1-13(2)18-17(19(20)23(4)22-18)12-21-11-16(10-14(3)24)15-8-6-5-7-9-15/h5-9,13-14,16,21,24H,10-12H2,1-4H3. The van der Waals surface area contributed by atoms with Gasteiger partial charge in [-0.05, 0) is 30.7 Å². The van der Waals surface area contributed by atoms with Crippen molar-refractivity contribution in [3.63, 3.8) is 0 Å². The van der Waals surface area contributed by atoms with Crippen molar-refractivity contribution in [1.29, 1.82) is 0 Å². The molecule has 132 valence electrons. The van der Waals surface area contributed by atoms with Crippen LogP contribution in [-0.4, -0.2) is 27.5 Å². The summed E-state index contributed by atoms with van der Waals surface area (Å²) in [5, 5.41) is 18.5. The molecule has 1 aromatic carbocycles. The van der Waals surface area contributed by atoms with Crippen LogP contribution in [0.4, 0.5) is 0 Å². The second-order valence-electron chi connectivity index (χ2n) is 6.76. The van der Waals surface area contributed by atoms with Crippen LogP contribution in [0.15, 0.2) is 30.3 Å². The Hall–Kier alpha value is -1.36. The van der Waals surface area contributed by atoms with Crippen molar-refractivity contribution in [2.45, 2.75) is 51.7 Å². The molecule has 2 unspecified atom stereocenters. The Morgan fingerprint density at radius 2 is 1.88 bits per heavy atom. The number of nitrogens with zero attached hydrogens (tertiary/aromatic N) is 2. The highest BCUT2D eigenvalue weighted by Gasteiger charge is 2.18. The molecule has 0 bridgehead atoms. The van der Waals surface area contributed by atoms with Crippen LogP contribution in [0.1, 0.15) is 55.8 Å². The van der Waals surface area contributed by atoms with E-state index in [1.807, 2.05) is 32.2 Å². The summed E-state index contributed by atoms with van der Waals surface area (Å²) in [5.41, 5.74) is 3.35. The molecule has 0 aliphatic heterocycles. The van der Waals surface area contributed by atoms with E-state index in [0.29, 0.717) is 17.6 Å². The van der Waals surface area contributed by atoms with E-state index in [9.17, 15) is 5.11 Å². The lowest BCUT2D eigenvalue weighted by molar-refractivity contribution is 0.173. The first kappa shape index (κ1) is 19.0. The van der Waals surface area contributed by atoms with Crippen LogP contribution in [0.25, 0.3) is 0 Å². The van der Waals surface area contributed by atoms with E-state index < -0.39 is 0 Å². The predicted octanol–water partition coefficient (Wildman–Crippen LogP) is 3.84. The Morgan fingerprint density at radius 1 is 1.21 bits per heavy atom. The molecular weight excluding hydrogens is 322 g/mol. The zero-order valence-electron chi connectivity index (χ0n) is 15.0. The highest BCUT2D eigenvalue weighted by Crippen LogP contribution is 2.26. The fraction of sp³-hybridized carbons (Fsp3) is 0.526. The van der Waals surface area contributed by atoms with Gasteiger partial charge in [-0.25, -0.2) is 0 Å². The monoisotopic (exact) mass is 349 g/mol. The summed E-state index contributed by atoms with van der Waals surface area (Å²) >= 11 is 6.40. The summed E-state index contributed by atoms with van der Waals surface area (Å²) in [5.74, 6) is 0.604. The summed E-state index contributed by atoms with van der Waals surface area (Å²) in [4.78, 5) is 0. The molecule has 0 saturated carbocycles. The zero-order valence-corrected chi connectivity index (χ0v) is 15.7. The van der Waals surface area contributed by atoms with Crippen LogP contribution in [-0.2, 0) is 13.6 Å². The van der Waals surface area contributed by atoms with Gasteiger partial charge in [0.05, 0.1) is 11.8 Å². The number of aliphatic hydroxyl groups excluding tert-OH is 1. The molecule has 2 N–H and O–H groups in total. The average Bonchev–Trinajstić information content (AvgIpc) is 2.83. The van der Waals surface area contributed by atoms with Gasteiger partial charge in [0.2, 0.25) is 0 Å². The van der Waals surface area contributed by atoms with E-state index in [4.69, 9.17) is 11.6 Å². The summed E-state index contributed by atoms with van der Waals surface area (Å²) in [7, 11) is 1.87. The van der Waals surface area contributed by atoms with E-state index in [2.05, 4.69) is 36.4 Å². The second-order valence-corrected chi connectivity index (χ2v) is 7.11. The number of halogens is 1. The van der Waals surface area contributed by atoms with Crippen molar-refractivity contribution in [2.24, 2.45) is 7.05 Å². The molecule has 0 aliphatic carbocycles. The molecular formula is C19H28ClN3O. The maximum absolute atomic E-state index is 9.80. The third-order valence-corrected chi connectivity index (χ3v) is 4.71. The number of hydrogen-bond donors (Lipinski definition) is 2. The fourth-order valence-corrected chi connectivity index (χ4v) is 3.24. The van der Waals surface area contributed by atoms with Crippen molar-refractivity contribution < 1.29 is 5.11 Å². The van der Waals surface area contributed by atoms with E-state index in [0.717, 1.165) is 24.2 Å². The molecule has 0 aliphatic rings. The van der Waals surface area contributed by atoms with Crippen molar-refractivity contribution in [2.75, 3.05) is 6.54 Å². The highest BCUT2D eigenvalue weighted by molar-refractivity contribution is 6.30. The Morgan fingerprint density at radius 3 is 2.46 bits per heavy atom. The number of aromatic nitrogens is 2. The Bertz CT molecular complexity index is 638. The first-order valence-electron chi connectivity index (χ1n) is 8.55. The zero-order chi connectivity index (χ0) is 17.7. The van der Waals surface area contributed by atoms with Crippen LogP contribution < -0.4 is 5.32 Å². The molecule has 0 spiro atoms. The van der Waals surface area contributed by atoms with Gasteiger partial charge < -0.3 is 10.4 Å². The van der Waals surface area contributed by atoms with Crippen molar-refractivity contribution in [1.82, 2.24) is 15.1 Å². The van der Waals surface area contributed by atoms with Gasteiger partial charge in [0.25, 0.3) is 0 Å². The topological polar surface area (TPSA) is 50.1 Å². The number of rotatable bonds is 8. The number of nitrogens with one attached hydrogen (secondary N) is 1. The van der Waals surface area contributed by atoms with E-state index in [-0.39, 0.29) is 12.0 Å². The number of aliphatic hydroxyl groups is 1. The number of aryl methyl sites for hydroxylation is 1. The molecule has 5 heteroatoms. The summed E-state index contributed by atoms with van der Waals surface area (Å²) < 4.78 is 1.73. The first-order valence-corrected chi connectivity index (χ1v) is 8.93. The van der Waals surface area contributed by atoms with E-state index >= 15 is 0 Å². The number of benzene rings is 1. The van der Waals surface area contributed by atoms with Gasteiger partial charge in [-0.3, -0.25) is 4.68 Å². The molecule has 0 fully saturated rings. The Kier molecular flexibility index (Phi) is 6.84. The van der Waals surface area contributed by atoms with Gasteiger partial charge >= 0.3 is 0 Å². The third-order valence-electron chi connectivity index (χ3n) is 4.24. The van der Waals surface area contributed by atoms with Gasteiger partial charge in [-0.15, -0.1) is 0 Å². The van der Waals surface area contributed by atoms with Gasteiger partial charge in [0.15, 0.2) is 0 Å². The van der Waals surface area contributed by atoms with Gasteiger partial charge in [-0.1, -0.05) is 55.8 Å². The lowest BCUT2D eigenvalue weighted by Gasteiger charge is -2.20. The maximum atomic E-state index is 9.80. The lowest BCUT2D eigenvalue weighted by Crippen LogP contribution is -2.24. The molecule has 0 radical (unpaired) electrons. The van der Waals surface area contributed by atoms with Gasteiger partial charge in [0.1, 0.15) is 5.15 Å². The first-order chi connectivity index (χ1) is 11.4. The molecule has 0 amide bonds. The van der Waals surface area contributed by atoms with Gasteiger partial charge in [-0.2, -0.15) is 5.10 Å². The van der Waals surface area contributed by atoms with Crippen LogP contribution in [0.3, 0.4) is 0 Å². The minimum absolute atomic E-state index is 0.268. The largest absolute Gasteiger partial charge is 0.393 e. The van der Waals surface area contributed by atoms with Crippen molar-refractivity contribution >= 4 is 11.6 Å². The predicted molar refractivity (Wildman–Crippen MR) is 99.5 cm³/mol. The molecule has 2 atom stereocenters. The number of hydrogen-bond acceptors (Lipinski definition) is 3. The quantitative estimate of drug-likeness (QED) is 0.761. The summed E-state index contributed by atoms with van der Waals surface area (Å²) in [6.45, 7) is 7.57. The van der Waals surface area contributed by atoms with Crippen molar-refractivity contribution in [3.8, 4) is 0 Å². The van der Waals surface area contributed by atoms with Crippen LogP contribution in [0, 0.1) is 0 Å². The molecule has 1 aromatic heterocycles. The fourth-order valence-electron chi connectivity index (χ4n) is 3.04. The normalized spacial score (nSPS) is 14.1. The molecule has 4 nitrogen and oxygen atoms in total. The second kappa shape index (κ2) is 8.65. The van der Waals surface area contributed by atoms with Crippen LogP contribution in [0.2, 0.25) is 5.15 Å². The Balaban J connectivity index is 2.06. The van der Waals surface area contributed by atoms with Crippen molar-refractivity contribution in [3.05, 3.63) is 52.3 Å². The van der Waals surface area contributed by atoms with E-state index in [1.54, 1.807) is 4.68 Å². The molecule has 2 rings (SSSR count). The third kappa shape index (κ3) is 4.82. The molecule has 2 aromatic rings. The maximum Gasteiger partial charge on any atom is 0.131 e. The average molecular weight is 350 g/mol. The highest BCUT2D eigenvalue weighted by atomic mass is 35.5. The Labute approximate surface area is 149 Å². The lowest BCUT2D eigenvalue weighted by atomic mass is 9.93. The molecule has 0 saturated heterocycles. The molecule has 24 heavy (non-hydrogen) atoms. The smallest absolute Gasteiger partial charge is 0.131 e. The SMILES string of the molecule is CC(O)CC(CNCc1c(C(C)C)nn(C)c1Cl)c1ccccc1. The summed E-state index contributed by atoms with van der Waals surface area (Å²) in [6, 6.07) is 10.3. The van der Waals surface area contributed by atoms with E-state index in [1.165, 1.54) is 5.56 Å².